The number of aliphatic hydroxyl groups excluding tert-OH is 1. The van der Waals surface area contributed by atoms with E-state index in [0.717, 1.165) is 38.5 Å². The van der Waals surface area contributed by atoms with Crippen LogP contribution in [0.15, 0.2) is 0 Å². The minimum absolute atomic E-state index is 0.00848. The smallest absolute Gasteiger partial charge is 0.235 e. The molecule has 4 atom stereocenters. The predicted octanol–water partition coefficient (Wildman–Crippen LogP) is 0.701. The van der Waals surface area contributed by atoms with Crippen molar-refractivity contribution in [3.63, 3.8) is 0 Å². The summed E-state index contributed by atoms with van der Waals surface area (Å²) in [6.07, 6.45) is 5.38. The second kappa shape index (κ2) is 5.21. The maximum Gasteiger partial charge on any atom is 0.235 e. The van der Waals surface area contributed by atoms with Crippen LogP contribution in [0, 0.1) is 11.8 Å². The lowest BCUT2D eigenvalue weighted by atomic mass is 9.81. The van der Waals surface area contributed by atoms with Gasteiger partial charge in [0.1, 0.15) is 0 Å². The maximum atomic E-state index is 12.3. The van der Waals surface area contributed by atoms with Crippen molar-refractivity contribution in [2.24, 2.45) is 11.8 Å². The van der Waals surface area contributed by atoms with Crippen LogP contribution in [0.3, 0.4) is 0 Å². The molecule has 3 saturated heterocycles. The normalized spacial score (nSPS) is 36.4. The molecule has 3 aliphatic rings. The summed E-state index contributed by atoms with van der Waals surface area (Å²) in [6.45, 7) is 0.752. The molecule has 0 aromatic rings. The standard InChI is InChI=1S/C14H21NO4/c16-8-4-2-1-3-7-15-13(17)11-9-5-6-10(19-9)12(11)14(15)18/h9-12,16H,1-8H2/t9-,10+,11?,12?. The fraction of sp³-hybridized carbons (Fsp3) is 0.857. The Labute approximate surface area is 112 Å². The van der Waals surface area contributed by atoms with Gasteiger partial charge in [-0.1, -0.05) is 12.8 Å². The Morgan fingerprint density at radius 1 is 1.00 bits per heavy atom. The lowest BCUT2D eigenvalue weighted by molar-refractivity contribution is -0.142. The van der Waals surface area contributed by atoms with Crippen molar-refractivity contribution in [3.8, 4) is 0 Å². The summed E-state index contributed by atoms with van der Waals surface area (Å²) in [4.78, 5) is 26.0. The van der Waals surface area contributed by atoms with Crippen molar-refractivity contribution in [2.75, 3.05) is 13.2 Å². The van der Waals surface area contributed by atoms with Crippen molar-refractivity contribution in [1.82, 2.24) is 4.90 Å². The number of carbonyl (C=O) groups is 2. The monoisotopic (exact) mass is 267 g/mol. The van der Waals surface area contributed by atoms with Crippen LogP contribution in [-0.2, 0) is 14.3 Å². The number of imide groups is 1. The zero-order valence-electron chi connectivity index (χ0n) is 11.1. The van der Waals surface area contributed by atoms with Gasteiger partial charge in [-0.3, -0.25) is 14.5 Å². The predicted molar refractivity (Wildman–Crippen MR) is 67.1 cm³/mol. The summed E-state index contributed by atoms with van der Waals surface area (Å²) in [6, 6.07) is 0. The molecular formula is C14H21NO4. The van der Waals surface area contributed by atoms with Gasteiger partial charge in [0.15, 0.2) is 0 Å². The molecule has 3 aliphatic heterocycles. The van der Waals surface area contributed by atoms with Crippen LogP contribution in [0.25, 0.3) is 0 Å². The quantitative estimate of drug-likeness (QED) is 0.568. The maximum absolute atomic E-state index is 12.3. The van der Waals surface area contributed by atoms with E-state index < -0.39 is 0 Å². The van der Waals surface area contributed by atoms with E-state index in [4.69, 9.17) is 9.84 Å². The van der Waals surface area contributed by atoms with Crippen molar-refractivity contribution >= 4 is 11.8 Å². The average Bonchev–Trinajstić information content (AvgIpc) is 3.06. The molecule has 0 saturated carbocycles. The molecule has 3 fully saturated rings. The zero-order chi connectivity index (χ0) is 13.4. The van der Waals surface area contributed by atoms with Crippen LogP contribution in [-0.4, -0.2) is 47.2 Å². The SMILES string of the molecule is O=C1C2C(C(=O)N1CCCCCCO)[C@H]1CC[C@@H]2O1. The van der Waals surface area contributed by atoms with Gasteiger partial charge in [0.2, 0.25) is 11.8 Å². The van der Waals surface area contributed by atoms with Gasteiger partial charge >= 0.3 is 0 Å². The van der Waals surface area contributed by atoms with E-state index in [1.165, 1.54) is 4.90 Å². The van der Waals surface area contributed by atoms with Gasteiger partial charge in [-0.05, 0) is 25.7 Å². The van der Waals surface area contributed by atoms with Gasteiger partial charge in [-0.25, -0.2) is 0 Å². The lowest BCUT2D eigenvalue weighted by Crippen LogP contribution is -2.35. The summed E-state index contributed by atoms with van der Waals surface area (Å²) in [5, 5.41) is 8.70. The van der Waals surface area contributed by atoms with Gasteiger partial charge < -0.3 is 9.84 Å². The third-order valence-electron chi connectivity index (χ3n) is 4.67. The number of hydrogen-bond donors (Lipinski definition) is 1. The van der Waals surface area contributed by atoms with E-state index in [0.29, 0.717) is 6.54 Å². The van der Waals surface area contributed by atoms with E-state index in [9.17, 15) is 9.59 Å². The first-order valence-electron chi connectivity index (χ1n) is 7.35. The number of carbonyl (C=O) groups excluding carboxylic acids is 2. The molecule has 0 radical (unpaired) electrons. The third-order valence-corrected chi connectivity index (χ3v) is 4.67. The molecule has 5 heteroatoms. The van der Waals surface area contributed by atoms with Crippen LogP contribution in [0.5, 0.6) is 0 Å². The van der Waals surface area contributed by atoms with Crippen molar-refractivity contribution in [2.45, 2.75) is 50.7 Å². The summed E-state index contributed by atoms with van der Waals surface area (Å²) in [7, 11) is 0. The first-order valence-corrected chi connectivity index (χ1v) is 7.35. The van der Waals surface area contributed by atoms with Crippen molar-refractivity contribution in [3.05, 3.63) is 0 Å². The largest absolute Gasteiger partial charge is 0.396 e. The molecule has 2 amide bonds. The van der Waals surface area contributed by atoms with Crippen LogP contribution in [0.1, 0.15) is 38.5 Å². The first-order chi connectivity index (χ1) is 9.24. The molecule has 3 heterocycles. The zero-order valence-corrected chi connectivity index (χ0v) is 11.1. The topological polar surface area (TPSA) is 66.8 Å². The molecule has 5 nitrogen and oxygen atoms in total. The molecule has 3 rings (SSSR count). The Morgan fingerprint density at radius 2 is 1.58 bits per heavy atom. The number of aliphatic hydroxyl groups is 1. The Bertz CT molecular complexity index is 356. The van der Waals surface area contributed by atoms with E-state index in [2.05, 4.69) is 0 Å². The van der Waals surface area contributed by atoms with Crippen molar-refractivity contribution in [1.29, 1.82) is 0 Å². The number of unbranched alkanes of at least 4 members (excludes halogenated alkanes) is 3. The Hall–Kier alpha value is -0.940. The highest BCUT2D eigenvalue weighted by Gasteiger charge is 2.62. The van der Waals surface area contributed by atoms with E-state index in [-0.39, 0.29) is 42.5 Å². The van der Waals surface area contributed by atoms with Gasteiger partial charge in [0.05, 0.1) is 24.0 Å². The molecule has 1 N–H and O–H groups in total. The van der Waals surface area contributed by atoms with Crippen LogP contribution in [0.4, 0.5) is 0 Å². The number of likely N-dealkylation sites (tertiary alicyclic amines) is 1. The summed E-state index contributed by atoms with van der Waals surface area (Å²) in [5.41, 5.74) is 0. The lowest BCUT2D eigenvalue weighted by Gasteiger charge is -2.17. The molecule has 2 bridgehead atoms. The minimum Gasteiger partial charge on any atom is -0.396 e. The number of amides is 2. The Kier molecular flexibility index (Phi) is 3.58. The number of rotatable bonds is 6. The van der Waals surface area contributed by atoms with E-state index >= 15 is 0 Å². The summed E-state index contributed by atoms with van der Waals surface area (Å²) >= 11 is 0. The molecule has 0 aromatic heterocycles. The number of fused-ring (bicyclic) bond motifs is 5. The van der Waals surface area contributed by atoms with Gasteiger partial charge in [-0.2, -0.15) is 0 Å². The molecular weight excluding hydrogens is 246 g/mol. The van der Waals surface area contributed by atoms with Crippen LogP contribution >= 0.6 is 0 Å². The second-order valence-corrected chi connectivity index (χ2v) is 5.81. The molecule has 19 heavy (non-hydrogen) atoms. The number of nitrogens with zero attached hydrogens (tertiary/aromatic N) is 1. The van der Waals surface area contributed by atoms with Crippen LogP contribution < -0.4 is 0 Å². The molecule has 0 spiro atoms. The van der Waals surface area contributed by atoms with Gasteiger partial charge in [0.25, 0.3) is 0 Å². The fourth-order valence-electron chi connectivity index (χ4n) is 3.73. The third kappa shape index (κ3) is 2.09. The summed E-state index contributed by atoms with van der Waals surface area (Å²) in [5.74, 6) is -0.402. The van der Waals surface area contributed by atoms with E-state index in [1.807, 2.05) is 0 Å². The molecule has 0 aromatic carbocycles. The Balaban J connectivity index is 1.56. The fourth-order valence-corrected chi connectivity index (χ4v) is 3.73. The Morgan fingerprint density at radius 3 is 2.16 bits per heavy atom. The molecule has 0 aliphatic carbocycles. The van der Waals surface area contributed by atoms with E-state index in [1.54, 1.807) is 0 Å². The highest BCUT2D eigenvalue weighted by molar-refractivity contribution is 6.06. The number of hydrogen-bond acceptors (Lipinski definition) is 4. The highest BCUT2D eigenvalue weighted by atomic mass is 16.5. The second-order valence-electron chi connectivity index (χ2n) is 5.81. The average molecular weight is 267 g/mol. The number of ether oxygens (including phenoxy) is 1. The minimum atomic E-state index is -0.191. The van der Waals surface area contributed by atoms with Gasteiger partial charge in [0, 0.05) is 13.2 Å². The van der Waals surface area contributed by atoms with Gasteiger partial charge in [-0.15, -0.1) is 0 Å². The molecule has 106 valence electrons. The van der Waals surface area contributed by atoms with Crippen molar-refractivity contribution < 1.29 is 19.4 Å². The summed E-state index contributed by atoms with van der Waals surface area (Å²) < 4.78 is 5.69. The molecule has 2 unspecified atom stereocenters. The highest BCUT2D eigenvalue weighted by Crippen LogP contribution is 2.48. The van der Waals surface area contributed by atoms with Crippen LogP contribution in [0.2, 0.25) is 0 Å². The first kappa shape index (κ1) is 13.1.